The van der Waals surface area contributed by atoms with Crippen LogP contribution in [-0.2, 0) is 9.30 Å². The van der Waals surface area contributed by atoms with Crippen molar-refractivity contribution < 1.29 is 24.2 Å². The monoisotopic (exact) mass is 409 g/mol. The van der Waals surface area contributed by atoms with Crippen LogP contribution in [-0.4, -0.2) is 53.8 Å². The molecule has 1 atom stereocenters. The molecule has 2 heterocycles. The molecule has 11 nitrogen and oxygen atoms in total. The molecule has 0 bridgehead atoms. The van der Waals surface area contributed by atoms with Gasteiger partial charge in [-0.05, 0) is 24.4 Å². The average molecular weight is 410 g/mol. The molecule has 2 aromatic heterocycles. The first kappa shape index (κ1) is 20.8. The minimum atomic E-state index is -3.93. The lowest BCUT2D eigenvalue weighted by atomic mass is 10.2. The van der Waals surface area contributed by atoms with Crippen LogP contribution in [0.15, 0.2) is 4.79 Å². The number of unbranched alkanes of at least 4 members (excludes halogenated alkanes) is 3. The number of aromatic nitrogens is 4. The molecule has 0 saturated heterocycles. The van der Waals surface area contributed by atoms with Gasteiger partial charge in [-0.1, -0.05) is 12.8 Å². The predicted molar refractivity (Wildman–Crippen MR) is 95.0 cm³/mol. The van der Waals surface area contributed by atoms with Crippen LogP contribution in [0, 0.1) is 0 Å². The maximum absolute atomic E-state index is 11.8. The van der Waals surface area contributed by atoms with Crippen molar-refractivity contribution in [3.05, 3.63) is 15.6 Å². The molecule has 146 valence electrons. The molecule has 0 spiro atoms. The lowest BCUT2D eigenvalue weighted by Gasteiger charge is -2.14. The lowest BCUT2D eigenvalue weighted by Crippen LogP contribution is -2.18. The number of fused-ring (bicyclic) bond motifs is 1. The van der Waals surface area contributed by atoms with Gasteiger partial charge in [-0.15, -0.1) is 0 Å². The highest BCUT2D eigenvalue weighted by Gasteiger charge is 2.20. The third-order valence-electron chi connectivity index (χ3n) is 3.58. The van der Waals surface area contributed by atoms with Gasteiger partial charge >= 0.3 is 7.60 Å². The second kappa shape index (κ2) is 8.94. The number of aromatic amines is 1. The predicted octanol–water partition coefficient (Wildman–Crippen LogP) is 0.601. The van der Waals surface area contributed by atoms with Crippen LogP contribution < -0.4 is 11.3 Å². The maximum atomic E-state index is 11.8. The van der Waals surface area contributed by atoms with Crippen molar-refractivity contribution in [3.63, 3.8) is 0 Å². The Morgan fingerprint density at radius 2 is 1.96 bits per heavy atom. The number of hydrogen-bond donors (Lipinski definition) is 5. The molecule has 2 rings (SSSR count). The Morgan fingerprint density at radius 1 is 1.27 bits per heavy atom. The summed E-state index contributed by atoms with van der Waals surface area (Å²) in [6.45, 7) is 0.259. The van der Waals surface area contributed by atoms with Crippen LogP contribution in [0.4, 0.5) is 5.95 Å². The molecular weight excluding hydrogens is 389 g/mol. The van der Waals surface area contributed by atoms with Gasteiger partial charge in [0, 0.05) is 12.8 Å². The molecule has 1 unspecified atom stereocenters. The Bertz CT molecular complexity index is 849. The molecule has 26 heavy (non-hydrogen) atoms. The SMILES string of the molecule is Nc1nc2c(nc(Cl)n2C(O)COCCCCCCP(=O)(O)O)c(=O)[nH]1. The van der Waals surface area contributed by atoms with E-state index in [4.69, 9.17) is 31.9 Å². The van der Waals surface area contributed by atoms with Crippen LogP contribution in [0.3, 0.4) is 0 Å². The number of nitrogen functional groups attached to an aromatic ring is 1. The van der Waals surface area contributed by atoms with Gasteiger partial charge in [0.1, 0.15) is 0 Å². The van der Waals surface area contributed by atoms with Crippen LogP contribution >= 0.6 is 19.2 Å². The van der Waals surface area contributed by atoms with E-state index >= 15 is 0 Å². The third kappa shape index (κ3) is 5.76. The summed E-state index contributed by atoms with van der Waals surface area (Å²) < 4.78 is 17.2. The van der Waals surface area contributed by atoms with Crippen LogP contribution in [0.1, 0.15) is 31.9 Å². The zero-order chi connectivity index (χ0) is 19.3. The van der Waals surface area contributed by atoms with Crippen molar-refractivity contribution >= 4 is 36.3 Å². The van der Waals surface area contributed by atoms with Gasteiger partial charge < -0.3 is 25.4 Å². The molecule has 0 aliphatic heterocycles. The Labute approximate surface area is 153 Å². The topological polar surface area (TPSA) is 177 Å². The molecule has 6 N–H and O–H groups in total. The van der Waals surface area contributed by atoms with E-state index in [-0.39, 0.29) is 35.2 Å². The first-order valence-corrected chi connectivity index (χ1v) is 10.1. The Morgan fingerprint density at radius 3 is 2.65 bits per heavy atom. The number of nitrogens with zero attached hydrogens (tertiary/aromatic N) is 3. The third-order valence-corrected chi connectivity index (χ3v) is 4.74. The van der Waals surface area contributed by atoms with Crippen LogP contribution in [0.25, 0.3) is 11.2 Å². The summed E-state index contributed by atoms with van der Waals surface area (Å²) in [5.41, 5.74) is 4.96. The minimum absolute atomic E-state index is 0.0340. The number of nitrogens with one attached hydrogen (secondary N) is 1. The summed E-state index contributed by atoms with van der Waals surface area (Å²) in [6, 6.07) is 0. The zero-order valence-electron chi connectivity index (χ0n) is 13.8. The highest BCUT2D eigenvalue weighted by atomic mass is 35.5. The van der Waals surface area contributed by atoms with E-state index in [0.717, 1.165) is 11.0 Å². The number of ether oxygens (including phenoxy) is 1. The van der Waals surface area contributed by atoms with Gasteiger partial charge in [-0.3, -0.25) is 18.9 Å². The van der Waals surface area contributed by atoms with Gasteiger partial charge in [0.2, 0.25) is 11.2 Å². The second-order valence-electron chi connectivity index (χ2n) is 5.73. The standard InChI is InChI=1S/C13H21ClN5O6P/c14-12-16-9-10(17-13(15)18-11(9)21)19(12)8(20)7-25-5-3-1-2-4-6-26(22,23)24/h8,20H,1-7H2,(H2,22,23,24)(H3,15,17,18,21). The normalized spacial score (nSPS) is 13.4. The smallest absolute Gasteiger partial charge is 0.325 e. The fourth-order valence-electron chi connectivity index (χ4n) is 2.38. The van der Waals surface area contributed by atoms with Crippen molar-refractivity contribution in [2.24, 2.45) is 0 Å². The molecule has 0 aliphatic rings. The Balaban J connectivity index is 1.81. The molecule has 0 fully saturated rings. The van der Waals surface area contributed by atoms with E-state index in [0.29, 0.717) is 25.9 Å². The summed E-state index contributed by atoms with van der Waals surface area (Å²) in [4.78, 5) is 39.3. The van der Waals surface area contributed by atoms with Crippen LogP contribution in [0.5, 0.6) is 0 Å². The number of hydrogen-bond acceptors (Lipinski definition) is 7. The summed E-state index contributed by atoms with van der Waals surface area (Å²) in [7, 11) is -3.93. The quantitative estimate of drug-likeness (QED) is 0.213. The van der Waals surface area contributed by atoms with Gasteiger partial charge in [-0.25, -0.2) is 4.98 Å². The van der Waals surface area contributed by atoms with Crippen molar-refractivity contribution in [1.29, 1.82) is 0 Å². The van der Waals surface area contributed by atoms with E-state index in [1.807, 2.05) is 0 Å². The zero-order valence-corrected chi connectivity index (χ0v) is 15.5. The number of aliphatic hydroxyl groups excluding tert-OH is 1. The fourth-order valence-corrected chi connectivity index (χ4v) is 3.29. The van der Waals surface area contributed by atoms with Gasteiger partial charge in [0.05, 0.1) is 6.61 Å². The number of imidazole rings is 1. The molecule has 0 aliphatic carbocycles. The first-order valence-electron chi connectivity index (χ1n) is 7.92. The molecule has 0 amide bonds. The Kier molecular flexibility index (Phi) is 7.16. The van der Waals surface area contributed by atoms with E-state index < -0.39 is 19.4 Å². The van der Waals surface area contributed by atoms with Crippen LogP contribution in [0.2, 0.25) is 5.28 Å². The Hall–Kier alpha value is -1.49. The molecule has 0 saturated carbocycles. The molecular formula is C13H21ClN5O6P. The molecule has 13 heteroatoms. The van der Waals surface area contributed by atoms with Gasteiger partial charge in [-0.2, -0.15) is 4.98 Å². The summed E-state index contributed by atoms with van der Waals surface area (Å²) in [6.07, 6.45) is 1.24. The number of rotatable bonds is 10. The largest absolute Gasteiger partial charge is 0.377 e. The van der Waals surface area contributed by atoms with Gasteiger partial charge in [0.15, 0.2) is 17.4 Å². The highest BCUT2D eigenvalue weighted by molar-refractivity contribution is 7.51. The fraction of sp³-hybridized carbons (Fsp3) is 0.615. The molecule has 0 aromatic carbocycles. The minimum Gasteiger partial charge on any atom is -0.377 e. The van der Waals surface area contributed by atoms with E-state index in [1.54, 1.807) is 0 Å². The van der Waals surface area contributed by atoms with E-state index in [1.165, 1.54) is 0 Å². The molecule has 2 aromatic rings. The highest BCUT2D eigenvalue weighted by Crippen LogP contribution is 2.35. The number of aliphatic hydroxyl groups is 1. The van der Waals surface area contributed by atoms with Crippen molar-refractivity contribution in [2.75, 3.05) is 25.1 Å². The van der Waals surface area contributed by atoms with Gasteiger partial charge in [0.25, 0.3) is 5.56 Å². The van der Waals surface area contributed by atoms with Crippen molar-refractivity contribution in [3.8, 4) is 0 Å². The summed E-state index contributed by atoms with van der Waals surface area (Å²) in [5, 5.41) is 10.1. The van der Waals surface area contributed by atoms with Crippen molar-refractivity contribution in [2.45, 2.75) is 31.9 Å². The number of H-pyrrole nitrogens is 1. The van der Waals surface area contributed by atoms with E-state index in [2.05, 4.69) is 15.0 Å². The lowest BCUT2D eigenvalue weighted by molar-refractivity contribution is -0.00272. The second-order valence-corrected chi connectivity index (χ2v) is 7.85. The maximum Gasteiger partial charge on any atom is 0.325 e. The number of anilines is 1. The summed E-state index contributed by atoms with van der Waals surface area (Å²) in [5.74, 6) is -0.122. The number of nitrogens with two attached hydrogens (primary N) is 1. The van der Waals surface area contributed by atoms with Crippen molar-refractivity contribution in [1.82, 2.24) is 19.5 Å². The summed E-state index contributed by atoms with van der Waals surface area (Å²) >= 11 is 5.96. The van der Waals surface area contributed by atoms with E-state index in [9.17, 15) is 14.5 Å². The first-order chi connectivity index (χ1) is 12.2. The average Bonchev–Trinajstić information content (AvgIpc) is 2.85. The number of halogens is 1. The molecule has 0 radical (unpaired) electrons.